The fourth-order valence-electron chi connectivity index (χ4n) is 2.33. The van der Waals surface area contributed by atoms with Gasteiger partial charge in [-0.2, -0.15) is 0 Å². The lowest BCUT2D eigenvalue weighted by Gasteiger charge is -2.21. The van der Waals surface area contributed by atoms with Crippen molar-refractivity contribution >= 4 is 0 Å². The minimum Gasteiger partial charge on any atom is -0.342 e. The van der Waals surface area contributed by atoms with Gasteiger partial charge in [0.15, 0.2) is 0 Å². The molecule has 2 aromatic rings. The smallest absolute Gasteiger partial charge is 0.139 e. The van der Waals surface area contributed by atoms with Crippen LogP contribution in [0.15, 0.2) is 30.7 Å². The van der Waals surface area contributed by atoms with Gasteiger partial charge in [-0.05, 0) is 38.1 Å². The Hall–Kier alpha value is -1.68. The molecular formula is C13H16N4. The standard InChI is InChI=1S/C13H16N4/c1-2-11(8-15-5-1)13-16-9-12(17-13)10-3-6-14-7-4-10/h1-2,5,8-10,14H,3-4,6-7H2,(H,16,17). The topological polar surface area (TPSA) is 53.6 Å². The third kappa shape index (κ3) is 2.22. The Morgan fingerprint density at radius 2 is 2.06 bits per heavy atom. The van der Waals surface area contributed by atoms with E-state index < -0.39 is 0 Å². The number of pyridine rings is 1. The van der Waals surface area contributed by atoms with Crippen LogP contribution in [0.2, 0.25) is 0 Å². The van der Waals surface area contributed by atoms with E-state index in [-0.39, 0.29) is 0 Å². The minimum absolute atomic E-state index is 0.620. The monoisotopic (exact) mass is 228 g/mol. The van der Waals surface area contributed by atoms with Crippen LogP contribution in [0, 0.1) is 0 Å². The molecule has 17 heavy (non-hydrogen) atoms. The van der Waals surface area contributed by atoms with Gasteiger partial charge in [-0.3, -0.25) is 4.98 Å². The van der Waals surface area contributed by atoms with Gasteiger partial charge in [0.25, 0.3) is 0 Å². The molecule has 1 saturated heterocycles. The second-order valence-corrected chi connectivity index (χ2v) is 4.45. The van der Waals surface area contributed by atoms with Crippen LogP contribution in [0.1, 0.15) is 24.5 Å². The maximum Gasteiger partial charge on any atom is 0.139 e. The molecule has 1 aliphatic rings. The lowest BCUT2D eigenvalue weighted by molar-refractivity contribution is 0.454. The first kappa shape index (κ1) is 10.5. The van der Waals surface area contributed by atoms with E-state index in [9.17, 15) is 0 Å². The summed E-state index contributed by atoms with van der Waals surface area (Å²) in [7, 11) is 0. The van der Waals surface area contributed by atoms with Gasteiger partial charge in [0, 0.05) is 35.8 Å². The zero-order chi connectivity index (χ0) is 11.5. The van der Waals surface area contributed by atoms with Crippen LogP contribution in [0.5, 0.6) is 0 Å². The molecule has 0 atom stereocenters. The summed E-state index contributed by atoms with van der Waals surface area (Å²) in [6.45, 7) is 2.21. The minimum atomic E-state index is 0.620. The first-order valence-corrected chi connectivity index (χ1v) is 6.09. The molecule has 0 unspecified atom stereocenters. The summed E-state index contributed by atoms with van der Waals surface area (Å²) in [6.07, 6.45) is 7.97. The van der Waals surface area contributed by atoms with Crippen molar-refractivity contribution in [1.29, 1.82) is 0 Å². The van der Waals surface area contributed by atoms with E-state index in [4.69, 9.17) is 0 Å². The van der Waals surface area contributed by atoms with Crippen LogP contribution >= 0.6 is 0 Å². The highest BCUT2D eigenvalue weighted by Crippen LogP contribution is 2.25. The molecule has 4 nitrogen and oxygen atoms in total. The molecule has 0 saturated carbocycles. The number of rotatable bonds is 2. The highest BCUT2D eigenvalue weighted by atomic mass is 14.9. The predicted molar refractivity (Wildman–Crippen MR) is 66.7 cm³/mol. The summed E-state index contributed by atoms with van der Waals surface area (Å²) in [5.74, 6) is 1.54. The summed E-state index contributed by atoms with van der Waals surface area (Å²) >= 11 is 0. The van der Waals surface area contributed by atoms with Crippen molar-refractivity contribution in [3.8, 4) is 11.4 Å². The van der Waals surface area contributed by atoms with Crippen LogP contribution in [0.3, 0.4) is 0 Å². The molecular weight excluding hydrogens is 212 g/mol. The average Bonchev–Trinajstić information content (AvgIpc) is 2.90. The number of hydrogen-bond acceptors (Lipinski definition) is 3. The maximum atomic E-state index is 4.45. The average molecular weight is 228 g/mol. The largest absolute Gasteiger partial charge is 0.342 e. The SMILES string of the molecule is c1cncc(-c2ncc(C3CCNCC3)[nH]2)c1. The molecule has 2 aromatic heterocycles. The summed E-state index contributed by atoms with van der Waals surface area (Å²) in [5.41, 5.74) is 2.30. The Morgan fingerprint density at radius 1 is 1.18 bits per heavy atom. The van der Waals surface area contributed by atoms with Crippen molar-refractivity contribution < 1.29 is 0 Å². The molecule has 4 heteroatoms. The Kier molecular flexibility index (Phi) is 2.88. The Morgan fingerprint density at radius 3 is 2.82 bits per heavy atom. The van der Waals surface area contributed by atoms with Crippen LogP contribution in [0.25, 0.3) is 11.4 Å². The van der Waals surface area contributed by atoms with E-state index in [1.807, 2.05) is 24.5 Å². The van der Waals surface area contributed by atoms with Crippen LogP contribution in [0.4, 0.5) is 0 Å². The molecule has 0 aromatic carbocycles. The number of imidazole rings is 1. The molecule has 88 valence electrons. The van der Waals surface area contributed by atoms with Gasteiger partial charge in [0.1, 0.15) is 5.82 Å². The number of aromatic nitrogens is 3. The molecule has 0 radical (unpaired) electrons. The van der Waals surface area contributed by atoms with Gasteiger partial charge < -0.3 is 10.3 Å². The highest BCUT2D eigenvalue weighted by Gasteiger charge is 2.17. The van der Waals surface area contributed by atoms with Crippen LogP contribution < -0.4 is 5.32 Å². The van der Waals surface area contributed by atoms with E-state index in [2.05, 4.69) is 20.3 Å². The van der Waals surface area contributed by atoms with Crippen molar-refractivity contribution in [3.05, 3.63) is 36.4 Å². The number of hydrogen-bond donors (Lipinski definition) is 2. The van der Waals surface area contributed by atoms with E-state index in [1.54, 1.807) is 6.20 Å². The second-order valence-electron chi connectivity index (χ2n) is 4.45. The molecule has 2 N–H and O–H groups in total. The van der Waals surface area contributed by atoms with Gasteiger partial charge in [0.05, 0.1) is 0 Å². The number of H-pyrrole nitrogens is 1. The highest BCUT2D eigenvalue weighted by molar-refractivity contribution is 5.53. The summed E-state index contributed by atoms with van der Waals surface area (Å²) in [5, 5.41) is 3.38. The van der Waals surface area contributed by atoms with Crippen molar-refractivity contribution in [1.82, 2.24) is 20.3 Å². The fourth-order valence-corrected chi connectivity index (χ4v) is 2.33. The molecule has 1 fully saturated rings. The van der Waals surface area contributed by atoms with Gasteiger partial charge >= 0.3 is 0 Å². The third-order valence-corrected chi connectivity index (χ3v) is 3.31. The molecule has 0 bridgehead atoms. The summed E-state index contributed by atoms with van der Waals surface area (Å²) < 4.78 is 0. The van der Waals surface area contributed by atoms with Crippen molar-refractivity contribution in [2.45, 2.75) is 18.8 Å². The first-order valence-electron chi connectivity index (χ1n) is 6.09. The molecule has 3 heterocycles. The Bertz CT molecular complexity index is 471. The zero-order valence-electron chi connectivity index (χ0n) is 9.69. The van der Waals surface area contributed by atoms with E-state index in [1.165, 1.54) is 18.5 Å². The van der Waals surface area contributed by atoms with Crippen molar-refractivity contribution in [2.75, 3.05) is 13.1 Å². The van der Waals surface area contributed by atoms with Crippen LogP contribution in [-0.2, 0) is 0 Å². The normalized spacial score (nSPS) is 17.2. The first-order chi connectivity index (χ1) is 8.43. The van der Waals surface area contributed by atoms with E-state index >= 15 is 0 Å². The zero-order valence-corrected chi connectivity index (χ0v) is 9.69. The fraction of sp³-hybridized carbons (Fsp3) is 0.385. The lowest BCUT2D eigenvalue weighted by atomic mass is 9.95. The van der Waals surface area contributed by atoms with Gasteiger partial charge in [0.2, 0.25) is 0 Å². The maximum absolute atomic E-state index is 4.45. The van der Waals surface area contributed by atoms with Gasteiger partial charge in [-0.1, -0.05) is 0 Å². The quantitative estimate of drug-likeness (QED) is 0.826. The third-order valence-electron chi connectivity index (χ3n) is 3.31. The Balaban J connectivity index is 1.83. The molecule has 1 aliphatic heterocycles. The van der Waals surface area contributed by atoms with Crippen molar-refractivity contribution in [3.63, 3.8) is 0 Å². The summed E-state index contributed by atoms with van der Waals surface area (Å²) in [4.78, 5) is 12.0. The van der Waals surface area contributed by atoms with Gasteiger partial charge in [-0.15, -0.1) is 0 Å². The number of piperidine rings is 1. The van der Waals surface area contributed by atoms with E-state index in [0.29, 0.717) is 5.92 Å². The lowest BCUT2D eigenvalue weighted by Crippen LogP contribution is -2.26. The molecule has 0 aliphatic carbocycles. The van der Waals surface area contributed by atoms with Crippen LogP contribution in [-0.4, -0.2) is 28.0 Å². The Labute approximate surface area is 101 Å². The summed E-state index contributed by atoms with van der Waals surface area (Å²) in [6, 6.07) is 3.96. The number of nitrogens with zero attached hydrogens (tertiary/aromatic N) is 2. The molecule has 0 spiro atoms. The number of nitrogens with one attached hydrogen (secondary N) is 2. The molecule has 3 rings (SSSR count). The predicted octanol–water partition coefficient (Wildman–Crippen LogP) is 1.94. The van der Waals surface area contributed by atoms with Crippen molar-refractivity contribution in [2.24, 2.45) is 0 Å². The molecule has 0 amide bonds. The number of aromatic amines is 1. The second kappa shape index (κ2) is 4.67. The van der Waals surface area contributed by atoms with E-state index in [0.717, 1.165) is 24.5 Å². The van der Waals surface area contributed by atoms with Gasteiger partial charge in [-0.25, -0.2) is 4.98 Å².